The van der Waals surface area contributed by atoms with Crippen molar-refractivity contribution in [2.75, 3.05) is 5.73 Å². The third-order valence-corrected chi connectivity index (χ3v) is 1.51. The number of nitrogens with two attached hydrogens (primary N) is 1. The number of anilines is 1. The van der Waals surface area contributed by atoms with Gasteiger partial charge in [0.05, 0.1) is 0 Å². The number of halogens is 1. The van der Waals surface area contributed by atoms with E-state index >= 15 is 0 Å². The van der Waals surface area contributed by atoms with Crippen LogP contribution in [0.1, 0.15) is 6.42 Å². The Balaban J connectivity index is 0.000000146. The Labute approximate surface area is 81.4 Å². The van der Waals surface area contributed by atoms with Gasteiger partial charge in [0.1, 0.15) is 5.82 Å². The molecule has 0 aliphatic carbocycles. The second-order valence-electron chi connectivity index (χ2n) is 2.73. The van der Waals surface area contributed by atoms with Crippen LogP contribution in [0.3, 0.4) is 0 Å². The molecule has 4 heteroatoms. The van der Waals surface area contributed by atoms with Gasteiger partial charge in [-0.15, -0.1) is 0 Å². The van der Waals surface area contributed by atoms with E-state index in [1.807, 2.05) is 0 Å². The van der Waals surface area contributed by atoms with Crippen molar-refractivity contribution in [3.63, 3.8) is 0 Å². The van der Waals surface area contributed by atoms with E-state index in [9.17, 15) is 9.18 Å². The Morgan fingerprint density at radius 1 is 1.43 bits per heavy atom. The summed E-state index contributed by atoms with van der Waals surface area (Å²) < 4.78 is 12.1. The first-order valence-corrected chi connectivity index (χ1v) is 4.14. The number of carbonyl (C=O) groups is 1. The van der Waals surface area contributed by atoms with Gasteiger partial charge in [-0.2, -0.15) is 0 Å². The lowest BCUT2D eigenvalue weighted by atomic mass is 10.3. The van der Waals surface area contributed by atoms with Crippen molar-refractivity contribution >= 4 is 11.6 Å². The molecule has 1 aromatic rings. The average Bonchev–Trinajstić information content (AvgIpc) is 2.56. The van der Waals surface area contributed by atoms with Gasteiger partial charge in [0, 0.05) is 18.3 Å². The average molecular weight is 194 g/mol. The van der Waals surface area contributed by atoms with Crippen LogP contribution in [0.25, 0.3) is 0 Å². The van der Waals surface area contributed by atoms with E-state index < -0.39 is 0 Å². The molecule has 0 bridgehead atoms. The first-order chi connectivity index (χ1) is 6.68. The molecule has 1 heterocycles. The topological polar surface area (TPSA) is 55.1 Å². The van der Waals surface area contributed by atoms with E-state index in [0.29, 0.717) is 12.1 Å². The molecule has 1 aliphatic heterocycles. The molecule has 0 atom stereocenters. The molecule has 14 heavy (non-hydrogen) atoms. The van der Waals surface area contributed by atoms with Gasteiger partial charge in [-0.25, -0.2) is 4.39 Å². The molecule has 0 spiro atoms. The minimum absolute atomic E-state index is 0.0926. The SMILES string of the molecule is Nc1cccc(F)c1.O=C1CC=CN1. The van der Waals surface area contributed by atoms with Crippen LogP contribution in [0, 0.1) is 5.82 Å². The van der Waals surface area contributed by atoms with Crippen molar-refractivity contribution in [3.05, 3.63) is 42.4 Å². The number of rotatable bonds is 0. The molecular weight excluding hydrogens is 183 g/mol. The summed E-state index contributed by atoms with van der Waals surface area (Å²) in [5.41, 5.74) is 5.68. The summed E-state index contributed by atoms with van der Waals surface area (Å²) in [7, 11) is 0. The monoisotopic (exact) mass is 194 g/mol. The van der Waals surface area contributed by atoms with Crippen LogP contribution in [0.2, 0.25) is 0 Å². The van der Waals surface area contributed by atoms with Crippen molar-refractivity contribution < 1.29 is 9.18 Å². The van der Waals surface area contributed by atoms with Gasteiger partial charge in [-0.1, -0.05) is 12.1 Å². The number of hydrogen-bond donors (Lipinski definition) is 2. The standard InChI is InChI=1S/C6H6FN.C4H5NO/c7-5-2-1-3-6(8)4-5;6-4-2-1-3-5-4/h1-4H,8H2;1,3H,2H2,(H,5,6). The third-order valence-electron chi connectivity index (χ3n) is 1.51. The zero-order chi connectivity index (χ0) is 10.4. The number of hydrogen-bond acceptors (Lipinski definition) is 2. The molecule has 0 saturated carbocycles. The maximum atomic E-state index is 12.1. The van der Waals surface area contributed by atoms with Crippen molar-refractivity contribution in [1.82, 2.24) is 5.32 Å². The third kappa shape index (κ3) is 3.71. The van der Waals surface area contributed by atoms with Crippen molar-refractivity contribution in [2.24, 2.45) is 0 Å². The van der Waals surface area contributed by atoms with Crippen LogP contribution in [0.15, 0.2) is 36.5 Å². The molecule has 1 amide bonds. The smallest absolute Gasteiger partial charge is 0.227 e. The fourth-order valence-corrected chi connectivity index (χ4v) is 0.883. The predicted molar refractivity (Wildman–Crippen MR) is 52.7 cm³/mol. The summed E-state index contributed by atoms with van der Waals surface area (Å²) in [6, 6.07) is 5.85. The maximum absolute atomic E-state index is 12.1. The van der Waals surface area contributed by atoms with Crippen molar-refractivity contribution in [1.29, 1.82) is 0 Å². The van der Waals surface area contributed by atoms with Gasteiger partial charge in [-0.3, -0.25) is 4.79 Å². The highest BCUT2D eigenvalue weighted by atomic mass is 19.1. The molecule has 0 aromatic heterocycles. The van der Waals surface area contributed by atoms with Crippen LogP contribution in [-0.4, -0.2) is 5.91 Å². The minimum atomic E-state index is -0.287. The molecule has 3 N–H and O–H groups in total. The van der Waals surface area contributed by atoms with E-state index in [1.54, 1.807) is 24.4 Å². The number of nitrogen functional groups attached to an aromatic ring is 1. The highest BCUT2D eigenvalue weighted by Gasteiger charge is 1.97. The number of benzene rings is 1. The zero-order valence-corrected chi connectivity index (χ0v) is 7.53. The van der Waals surface area contributed by atoms with E-state index in [0.717, 1.165) is 0 Å². The van der Waals surface area contributed by atoms with Crippen LogP contribution in [0.5, 0.6) is 0 Å². The Morgan fingerprint density at radius 3 is 2.50 bits per heavy atom. The van der Waals surface area contributed by atoms with Crippen LogP contribution in [-0.2, 0) is 4.79 Å². The second-order valence-corrected chi connectivity index (χ2v) is 2.73. The molecule has 0 radical (unpaired) electrons. The molecule has 0 unspecified atom stereocenters. The van der Waals surface area contributed by atoms with E-state index in [4.69, 9.17) is 5.73 Å². The molecule has 3 nitrogen and oxygen atoms in total. The van der Waals surface area contributed by atoms with Gasteiger partial charge >= 0.3 is 0 Å². The lowest BCUT2D eigenvalue weighted by molar-refractivity contribution is -0.118. The predicted octanol–water partition coefficient (Wildman–Crippen LogP) is 1.43. The molecular formula is C10H11FN2O. The minimum Gasteiger partial charge on any atom is -0.399 e. The molecule has 2 rings (SSSR count). The second kappa shape index (κ2) is 5.01. The van der Waals surface area contributed by atoms with Gasteiger partial charge < -0.3 is 11.1 Å². The van der Waals surface area contributed by atoms with Crippen molar-refractivity contribution in [2.45, 2.75) is 6.42 Å². The van der Waals surface area contributed by atoms with Gasteiger partial charge in [-0.05, 0) is 18.2 Å². The zero-order valence-electron chi connectivity index (χ0n) is 7.53. The first kappa shape index (κ1) is 10.2. The van der Waals surface area contributed by atoms with Crippen molar-refractivity contribution in [3.8, 4) is 0 Å². The summed E-state index contributed by atoms with van der Waals surface area (Å²) in [6.45, 7) is 0. The van der Waals surface area contributed by atoms with Gasteiger partial charge in [0.2, 0.25) is 5.91 Å². The molecule has 0 fully saturated rings. The van der Waals surface area contributed by atoms with E-state index in [2.05, 4.69) is 5.32 Å². The van der Waals surface area contributed by atoms with Crippen LogP contribution >= 0.6 is 0 Å². The van der Waals surface area contributed by atoms with Crippen LogP contribution < -0.4 is 11.1 Å². The number of carbonyl (C=O) groups excluding carboxylic acids is 1. The molecule has 1 aliphatic rings. The highest BCUT2D eigenvalue weighted by Crippen LogP contribution is 2.02. The van der Waals surface area contributed by atoms with Gasteiger partial charge in [0.15, 0.2) is 0 Å². The summed E-state index contributed by atoms with van der Waals surface area (Å²) >= 11 is 0. The Kier molecular flexibility index (Phi) is 3.67. The van der Waals surface area contributed by atoms with E-state index in [-0.39, 0.29) is 11.7 Å². The molecule has 74 valence electrons. The summed E-state index contributed by atoms with van der Waals surface area (Å²) in [6.07, 6.45) is 4.00. The lowest BCUT2D eigenvalue weighted by Gasteiger charge is -1.88. The summed E-state index contributed by atoms with van der Waals surface area (Å²) in [5, 5.41) is 2.50. The molecule has 1 aromatic carbocycles. The highest BCUT2D eigenvalue weighted by molar-refractivity contribution is 5.80. The number of amides is 1. The van der Waals surface area contributed by atoms with E-state index in [1.165, 1.54) is 12.1 Å². The molecule has 0 saturated heterocycles. The maximum Gasteiger partial charge on any atom is 0.227 e. The quantitative estimate of drug-likeness (QED) is 0.614. The Bertz CT molecular complexity index is 322. The van der Waals surface area contributed by atoms with Gasteiger partial charge in [0.25, 0.3) is 0 Å². The fourth-order valence-electron chi connectivity index (χ4n) is 0.883. The Morgan fingerprint density at radius 2 is 2.21 bits per heavy atom. The lowest BCUT2D eigenvalue weighted by Crippen LogP contribution is -2.08. The largest absolute Gasteiger partial charge is 0.399 e. The normalized spacial score (nSPS) is 13.1. The fraction of sp³-hybridized carbons (Fsp3) is 0.100. The summed E-state index contributed by atoms with van der Waals surface area (Å²) in [4.78, 5) is 10.1. The van der Waals surface area contributed by atoms with Crippen LogP contribution in [0.4, 0.5) is 10.1 Å². The summed E-state index contributed by atoms with van der Waals surface area (Å²) in [5.74, 6) is -0.194. The number of nitrogens with one attached hydrogen (secondary N) is 1. The first-order valence-electron chi connectivity index (χ1n) is 4.14. The Hall–Kier alpha value is -1.84.